The lowest BCUT2D eigenvalue weighted by molar-refractivity contribution is 0.103. The molecule has 2 aromatic heterocycles. The minimum Gasteiger partial charge on any atom is -0.288 e. The molecule has 1 aromatic carbocycles. The number of pyridine rings is 1. The van der Waals surface area contributed by atoms with Crippen LogP contribution >= 0.6 is 27.5 Å². The van der Waals surface area contributed by atoms with E-state index in [1.165, 1.54) is 12.4 Å². The number of carbonyl (C=O) groups is 1. The maximum atomic E-state index is 12.6. The van der Waals surface area contributed by atoms with Gasteiger partial charge in [0, 0.05) is 11.8 Å². The van der Waals surface area contributed by atoms with Gasteiger partial charge < -0.3 is 0 Å². The van der Waals surface area contributed by atoms with Gasteiger partial charge in [0.2, 0.25) is 0 Å². The summed E-state index contributed by atoms with van der Waals surface area (Å²) in [6, 6.07) is 10.4. The van der Waals surface area contributed by atoms with E-state index in [9.17, 15) is 4.79 Å². The van der Waals surface area contributed by atoms with Gasteiger partial charge in [0.05, 0.1) is 33.7 Å². The zero-order valence-electron chi connectivity index (χ0n) is 12.5. The first-order valence-corrected chi connectivity index (χ1v) is 8.09. The molecule has 0 fully saturated rings. The van der Waals surface area contributed by atoms with E-state index in [4.69, 9.17) is 16.9 Å². The van der Waals surface area contributed by atoms with E-state index in [0.29, 0.717) is 37.7 Å². The molecular formula is C17H10BrClN4O. The van der Waals surface area contributed by atoms with Gasteiger partial charge in [-0.2, -0.15) is 10.4 Å². The van der Waals surface area contributed by atoms with Gasteiger partial charge in [-0.15, -0.1) is 0 Å². The Labute approximate surface area is 151 Å². The smallest absolute Gasteiger partial charge is 0.198 e. The largest absolute Gasteiger partial charge is 0.288 e. The lowest BCUT2D eigenvalue weighted by Gasteiger charge is -2.06. The van der Waals surface area contributed by atoms with E-state index in [2.05, 4.69) is 26.0 Å². The van der Waals surface area contributed by atoms with Crippen molar-refractivity contribution in [1.82, 2.24) is 14.8 Å². The number of hydrogen-bond donors (Lipinski definition) is 0. The Bertz CT molecular complexity index is 973. The summed E-state index contributed by atoms with van der Waals surface area (Å²) in [7, 11) is 0. The molecule has 24 heavy (non-hydrogen) atoms. The Balaban J connectivity index is 2.00. The zero-order chi connectivity index (χ0) is 17.3. The lowest BCUT2D eigenvalue weighted by Crippen LogP contribution is -2.05. The van der Waals surface area contributed by atoms with Crippen LogP contribution in [0.1, 0.15) is 27.2 Å². The minimum absolute atomic E-state index is 0.154. The van der Waals surface area contributed by atoms with Gasteiger partial charge in [-0.3, -0.25) is 4.79 Å². The number of halogens is 2. The molecule has 5 nitrogen and oxygen atoms in total. The van der Waals surface area contributed by atoms with Crippen molar-refractivity contribution in [3.63, 3.8) is 0 Å². The molecule has 0 unspecified atom stereocenters. The van der Waals surface area contributed by atoms with E-state index in [0.717, 1.165) is 0 Å². The fourth-order valence-corrected chi connectivity index (χ4v) is 2.74. The standard InChI is InChI=1S/C17H10BrClN4O/c1-10-14(17(24)12-3-5-16(18)21-8-12)9-22-23(10)13-4-2-11(7-20)15(19)6-13/h2-6,8-9H,1H3. The fourth-order valence-electron chi connectivity index (χ4n) is 2.28. The molecule has 3 aromatic rings. The number of nitrogens with zero attached hydrogens (tertiary/aromatic N) is 4. The molecule has 118 valence electrons. The van der Waals surface area contributed by atoms with Crippen LogP contribution in [-0.2, 0) is 0 Å². The number of aromatic nitrogens is 3. The van der Waals surface area contributed by atoms with Crippen molar-refractivity contribution in [3.05, 3.63) is 74.7 Å². The summed E-state index contributed by atoms with van der Waals surface area (Å²) in [6.07, 6.45) is 3.04. The normalized spacial score (nSPS) is 10.4. The second-order valence-corrected chi connectivity index (χ2v) is 6.25. The number of benzene rings is 1. The molecule has 0 saturated carbocycles. The average molecular weight is 402 g/mol. The molecular weight excluding hydrogens is 392 g/mol. The molecule has 0 spiro atoms. The highest BCUT2D eigenvalue weighted by Gasteiger charge is 2.17. The molecule has 7 heteroatoms. The number of ketones is 1. The van der Waals surface area contributed by atoms with Gasteiger partial charge in [-0.25, -0.2) is 9.67 Å². The Morgan fingerprint density at radius 3 is 2.71 bits per heavy atom. The van der Waals surface area contributed by atoms with Gasteiger partial charge in [-0.1, -0.05) is 11.6 Å². The summed E-state index contributed by atoms with van der Waals surface area (Å²) in [5, 5.41) is 13.6. The number of hydrogen-bond acceptors (Lipinski definition) is 4. The SMILES string of the molecule is Cc1c(C(=O)c2ccc(Br)nc2)cnn1-c1ccc(C#N)c(Cl)c1. The van der Waals surface area contributed by atoms with Crippen LogP contribution in [0.5, 0.6) is 0 Å². The second kappa shape index (κ2) is 6.56. The monoisotopic (exact) mass is 400 g/mol. The number of nitriles is 1. The minimum atomic E-state index is -0.154. The van der Waals surface area contributed by atoms with Crippen LogP contribution in [0.15, 0.2) is 47.3 Å². The van der Waals surface area contributed by atoms with Gasteiger partial charge >= 0.3 is 0 Å². The number of carbonyl (C=O) groups excluding carboxylic acids is 1. The third-order valence-electron chi connectivity index (χ3n) is 3.56. The molecule has 0 radical (unpaired) electrons. The highest BCUT2D eigenvalue weighted by atomic mass is 79.9. The first-order valence-electron chi connectivity index (χ1n) is 6.92. The number of rotatable bonds is 3. The molecule has 3 rings (SSSR count). The van der Waals surface area contributed by atoms with Gasteiger partial charge in [0.25, 0.3) is 0 Å². The topological polar surface area (TPSA) is 71.6 Å². The van der Waals surface area contributed by atoms with Crippen molar-refractivity contribution in [3.8, 4) is 11.8 Å². The Morgan fingerprint density at radius 1 is 1.29 bits per heavy atom. The molecule has 0 amide bonds. The van der Waals surface area contributed by atoms with Gasteiger partial charge in [-0.05, 0) is 53.2 Å². The van der Waals surface area contributed by atoms with Crippen molar-refractivity contribution < 1.29 is 4.79 Å². The molecule has 0 saturated heterocycles. The molecule has 0 bridgehead atoms. The molecule has 0 aliphatic rings. The van der Waals surface area contributed by atoms with Crippen LogP contribution in [0.25, 0.3) is 5.69 Å². The lowest BCUT2D eigenvalue weighted by atomic mass is 10.1. The van der Waals surface area contributed by atoms with Crippen LogP contribution in [-0.4, -0.2) is 20.5 Å². The predicted molar refractivity (Wildman–Crippen MR) is 93.4 cm³/mol. The average Bonchev–Trinajstić information content (AvgIpc) is 2.96. The Kier molecular flexibility index (Phi) is 4.47. The summed E-state index contributed by atoms with van der Waals surface area (Å²) in [6.45, 7) is 1.80. The summed E-state index contributed by atoms with van der Waals surface area (Å²) >= 11 is 9.31. The summed E-state index contributed by atoms with van der Waals surface area (Å²) in [4.78, 5) is 16.7. The third-order valence-corrected chi connectivity index (χ3v) is 4.34. The molecule has 0 atom stereocenters. The molecule has 0 N–H and O–H groups in total. The highest BCUT2D eigenvalue weighted by Crippen LogP contribution is 2.22. The summed E-state index contributed by atoms with van der Waals surface area (Å²) < 4.78 is 2.28. The maximum Gasteiger partial charge on any atom is 0.198 e. The fraction of sp³-hybridized carbons (Fsp3) is 0.0588. The summed E-state index contributed by atoms with van der Waals surface area (Å²) in [5.74, 6) is -0.154. The van der Waals surface area contributed by atoms with Crippen molar-refractivity contribution in [1.29, 1.82) is 5.26 Å². The van der Waals surface area contributed by atoms with Crippen molar-refractivity contribution in [2.75, 3.05) is 0 Å². The van der Waals surface area contributed by atoms with Crippen LogP contribution in [0, 0.1) is 18.3 Å². The quantitative estimate of drug-likeness (QED) is 0.489. The van der Waals surface area contributed by atoms with Crippen LogP contribution in [0.4, 0.5) is 0 Å². The Morgan fingerprint density at radius 2 is 2.08 bits per heavy atom. The van der Waals surface area contributed by atoms with E-state index in [1.807, 2.05) is 6.07 Å². The van der Waals surface area contributed by atoms with Gasteiger partial charge in [0.15, 0.2) is 5.78 Å². The zero-order valence-corrected chi connectivity index (χ0v) is 14.8. The predicted octanol–water partition coefficient (Wildman–Crippen LogP) is 4.09. The van der Waals surface area contributed by atoms with E-state index < -0.39 is 0 Å². The molecule has 2 heterocycles. The third kappa shape index (κ3) is 2.96. The van der Waals surface area contributed by atoms with Crippen molar-refractivity contribution in [2.24, 2.45) is 0 Å². The van der Waals surface area contributed by atoms with E-state index in [-0.39, 0.29) is 5.78 Å². The molecule has 0 aliphatic carbocycles. The van der Waals surface area contributed by atoms with Crippen molar-refractivity contribution in [2.45, 2.75) is 6.92 Å². The van der Waals surface area contributed by atoms with E-state index in [1.54, 1.807) is 41.9 Å². The van der Waals surface area contributed by atoms with Crippen LogP contribution in [0.2, 0.25) is 5.02 Å². The maximum absolute atomic E-state index is 12.6. The van der Waals surface area contributed by atoms with Crippen LogP contribution in [0.3, 0.4) is 0 Å². The highest BCUT2D eigenvalue weighted by molar-refractivity contribution is 9.10. The molecule has 0 aliphatic heterocycles. The van der Waals surface area contributed by atoms with E-state index >= 15 is 0 Å². The summed E-state index contributed by atoms with van der Waals surface area (Å²) in [5.41, 5.74) is 2.73. The van der Waals surface area contributed by atoms with Crippen LogP contribution < -0.4 is 0 Å². The first kappa shape index (κ1) is 16.4. The first-order chi connectivity index (χ1) is 11.5. The second-order valence-electron chi connectivity index (χ2n) is 5.03. The van der Waals surface area contributed by atoms with Crippen molar-refractivity contribution >= 4 is 33.3 Å². The van der Waals surface area contributed by atoms with Gasteiger partial charge in [0.1, 0.15) is 10.7 Å². The Hall–Kier alpha value is -2.49.